The van der Waals surface area contributed by atoms with Gasteiger partial charge in [-0.1, -0.05) is 42.5 Å². The molecule has 0 saturated heterocycles. The van der Waals surface area contributed by atoms with Crippen molar-refractivity contribution in [3.05, 3.63) is 99.0 Å². The smallest absolute Gasteiger partial charge is 0.270 e. The highest BCUT2D eigenvalue weighted by Crippen LogP contribution is 2.25. The minimum Gasteiger partial charge on any atom is -0.276 e. The molecule has 0 radical (unpaired) electrons. The Balaban J connectivity index is 1.97. The Morgan fingerprint density at radius 3 is 2.44 bits per heavy atom. The van der Waals surface area contributed by atoms with Gasteiger partial charge in [-0.2, -0.15) is 5.10 Å². The monoisotopic (exact) mass is 423 g/mol. The highest BCUT2D eigenvalue weighted by molar-refractivity contribution is 9.10. The van der Waals surface area contributed by atoms with Gasteiger partial charge in [0, 0.05) is 22.2 Å². The van der Waals surface area contributed by atoms with Crippen LogP contribution in [0.1, 0.15) is 5.56 Å². The number of nitrogens with one attached hydrogen (secondary N) is 1. The third-order valence-electron chi connectivity index (χ3n) is 3.48. The summed E-state index contributed by atoms with van der Waals surface area (Å²) >= 11 is 3.41. The molecule has 134 valence electrons. The molecular formula is C19H14BrN5O2. The Morgan fingerprint density at radius 2 is 1.70 bits per heavy atom. The summed E-state index contributed by atoms with van der Waals surface area (Å²) in [5, 5.41) is 23.8. The molecule has 0 atom stereocenters. The molecule has 3 rings (SSSR count). The third-order valence-corrected chi connectivity index (χ3v) is 4.16. The van der Waals surface area contributed by atoms with Gasteiger partial charge in [0.05, 0.1) is 16.3 Å². The van der Waals surface area contributed by atoms with E-state index < -0.39 is 4.92 Å². The summed E-state index contributed by atoms with van der Waals surface area (Å²) in [7, 11) is 0. The number of hydrazone groups is 1. The first-order valence-corrected chi connectivity index (χ1v) is 8.72. The van der Waals surface area contributed by atoms with Crippen molar-refractivity contribution in [2.75, 3.05) is 5.43 Å². The number of nitro benzene ring substituents is 1. The number of hydrogen-bond donors (Lipinski definition) is 1. The van der Waals surface area contributed by atoms with Crippen molar-refractivity contribution in [3.8, 4) is 0 Å². The van der Waals surface area contributed by atoms with E-state index in [1.807, 2.05) is 48.5 Å². The van der Waals surface area contributed by atoms with E-state index in [4.69, 9.17) is 0 Å². The molecule has 0 aromatic heterocycles. The van der Waals surface area contributed by atoms with Gasteiger partial charge in [-0.25, -0.2) is 0 Å². The minimum atomic E-state index is -0.462. The molecule has 0 aliphatic carbocycles. The van der Waals surface area contributed by atoms with Gasteiger partial charge in [0.1, 0.15) is 0 Å². The zero-order chi connectivity index (χ0) is 19.1. The molecule has 0 spiro atoms. The van der Waals surface area contributed by atoms with Crippen LogP contribution in [0, 0.1) is 10.1 Å². The van der Waals surface area contributed by atoms with E-state index in [-0.39, 0.29) is 11.5 Å². The highest BCUT2D eigenvalue weighted by atomic mass is 79.9. The number of para-hydroxylation sites is 1. The van der Waals surface area contributed by atoms with Gasteiger partial charge in [-0.3, -0.25) is 15.5 Å². The number of rotatable bonds is 5. The number of anilines is 1. The van der Waals surface area contributed by atoms with E-state index in [1.54, 1.807) is 18.2 Å². The molecule has 0 fully saturated rings. The zero-order valence-electron chi connectivity index (χ0n) is 14.0. The summed E-state index contributed by atoms with van der Waals surface area (Å²) in [5.41, 5.74) is 4.71. The molecule has 0 aliphatic heterocycles. The molecule has 0 unspecified atom stereocenters. The summed E-state index contributed by atoms with van der Waals surface area (Å²) in [4.78, 5) is 10.6. The van der Waals surface area contributed by atoms with Crippen LogP contribution in [-0.4, -0.2) is 10.8 Å². The maximum absolute atomic E-state index is 11.1. The van der Waals surface area contributed by atoms with Crippen LogP contribution in [0.3, 0.4) is 0 Å². The van der Waals surface area contributed by atoms with Gasteiger partial charge in [-0.05, 0) is 40.2 Å². The van der Waals surface area contributed by atoms with Crippen LogP contribution in [0.4, 0.5) is 17.1 Å². The van der Waals surface area contributed by atoms with Crippen molar-refractivity contribution in [2.45, 2.75) is 0 Å². The lowest BCUT2D eigenvalue weighted by Gasteiger charge is -2.04. The van der Waals surface area contributed by atoms with Crippen molar-refractivity contribution in [1.82, 2.24) is 0 Å². The summed E-state index contributed by atoms with van der Waals surface area (Å²) in [6, 6.07) is 22.8. The number of amidine groups is 1. The number of azo groups is 1. The lowest BCUT2D eigenvalue weighted by atomic mass is 10.2. The molecule has 3 aromatic carbocycles. The Labute approximate surface area is 163 Å². The summed E-state index contributed by atoms with van der Waals surface area (Å²) in [5.74, 6) is 0.221. The minimum absolute atomic E-state index is 0.0454. The van der Waals surface area contributed by atoms with E-state index >= 15 is 0 Å². The summed E-state index contributed by atoms with van der Waals surface area (Å²) < 4.78 is 0.781. The quantitative estimate of drug-likeness (QED) is 0.181. The number of nitro groups is 1. The predicted molar refractivity (Wildman–Crippen MR) is 108 cm³/mol. The second kappa shape index (κ2) is 8.81. The molecule has 8 heteroatoms. The first-order valence-electron chi connectivity index (χ1n) is 7.93. The van der Waals surface area contributed by atoms with Gasteiger partial charge in [0.25, 0.3) is 5.69 Å². The van der Waals surface area contributed by atoms with Crippen molar-refractivity contribution < 1.29 is 4.92 Å². The number of hydrogen-bond acceptors (Lipinski definition) is 5. The van der Waals surface area contributed by atoms with Crippen molar-refractivity contribution in [3.63, 3.8) is 0 Å². The number of benzene rings is 3. The Morgan fingerprint density at radius 1 is 0.963 bits per heavy atom. The first-order chi connectivity index (χ1) is 13.1. The van der Waals surface area contributed by atoms with E-state index in [9.17, 15) is 10.1 Å². The molecule has 0 saturated carbocycles. The predicted octanol–water partition coefficient (Wildman–Crippen LogP) is 5.91. The SMILES string of the molecule is O=[N+]([O-])c1cccc(/C(N=Nc2ccccc2Br)=N\Nc2ccccc2)c1. The van der Waals surface area contributed by atoms with Crippen molar-refractivity contribution in [1.29, 1.82) is 0 Å². The van der Waals surface area contributed by atoms with E-state index in [0.29, 0.717) is 11.3 Å². The Hall–Kier alpha value is -3.39. The van der Waals surface area contributed by atoms with Crippen molar-refractivity contribution in [2.24, 2.45) is 15.3 Å². The molecule has 3 aromatic rings. The molecule has 27 heavy (non-hydrogen) atoms. The molecule has 7 nitrogen and oxygen atoms in total. The molecule has 0 aliphatic rings. The second-order valence-electron chi connectivity index (χ2n) is 5.37. The lowest BCUT2D eigenvalue weighted by Crippen LogP contribution is -2.02. The van der Waals surface area contributed by atoms with Crippen LogP contribution < -0.4 is 5.43 Å². The van der Waals surface area contributed by atoms with E-state index in [2.05, 4.69) is 36.7 Å². The van der Waals surface area contributed by atoms with Crippen LogP contribution >= 0.6 is 15.9 Å². The lowest BCUT2D eigenvalue weighted by molar-refractivity contribution is -0.384. The Bertz CT molecular complexity index is 1010. The van der Waals surface area contributed by atoms with Crippen LogP contribution in [0.25, 0.3) is 0 Å². The fourth-order valence-electron chi connectivity index (χ4n) is 2.17. The normalized spacial score (nSPS) is 11.5. The van der Waals surface area contributed by atoms with Gasteiger partial charge in [0.2, 0.25) is 5.84 Å². The van der Waals surface area contributed by atoms with Crippen LogP contribution in [0.5, 0.6) is 0 Å². The molecule has 0 amide bonds. The van der Waals surface area contributed by atoms with E-state index in [0.717, 1.165) is 10.2 Å². The standard InChI is InChI=1S/C19H14BrN5O2/c20-17-11-4-5-12-18(17)22-24-19(23-21-15-8-2-1-3-9-15)14-7-6-10-16(13-14)25(26)27/h1-13,21H/b23-19+,24-22?. The van der Waals surface area contributed by atoms with Crippen LogP contribution in [0.2, 0.25) is 0 Å². The molecule has 0 bridgehead atoms. The molecule has 1 N–H and O–H groups in total. The average molecular weight is 424 g/mol. The number of halogens is 1. The summed E-state index contributed by atoms with van der Waals surface area (Å²) in [6.45, 7) is 0. The maximum atomic E-state index is 11.1. The zero-order valence-corrected chi connectivity index (χ0v) is 15.6. The third kappa shape index (κ3) is 5.05. The maximum Gasteiger partial charge on any atom is 0.270 e. The fourth-order valence-corrected chi connectivity index (χ4v) is 2.53. The van der Waals surface area contributed by atoms with Crippen LogP contribution in [-0.2, 0) is 0 Å². The van der Waals surface area contributed by atoms with Gasteiger partial charge >= 0.3 is 0 Å². The average Bonchev–Trinajstić information content (AvgIpc) is 2.70. The molecule has 0 heterocycles. The van der Waals surface area contributed by atoms with E-state index in [1.165, 1.54) is 12.1 Å². The number of nitrogens with zero attached hydrogens (tertiary/aromatic N) is 4. The van der Waals surface area contributed by atoms with Gasteiger partial charge in [0.15, 0.2) is 0 Å². The number of non-ortho nitro benzene ring substituents is 1. The summed E-state index contributed by atoms with van der Waals surface area (Å²) in [6.07, 6.45) is 0. The fraction of sp³-hybridized carbons (Fsp3) is 0. The van der Waals surface area contributed by atoms with Crippen LogP contribution in [0.15, 0.2) is 98.7 Å². The largest absolute Gasteiger partial charge is 0.276 e. The van der Waals surface area contributed by atoms with Crippen molar-refractivity contribution >= 4 is 38.8 Å². The highest BCUT2D eigenvalue weighted by Gasteiger charge is 2.10. The van der Waals surface area contributed by atoms with Gasteiger partial charge < -0.3 is 0 Å². The second-order valence-corrected chi connectivity index (χ2v) is 6.23. The van der Waals surface area contributed by atoms with Gasteiger partial charge in [-0.15, -0.1) is 10.2 Å². The topological polar surface area (TPSA) is 92.2 Å². The first kappa shape index (κ1) is 18.4. The molecular weight excluding hydrogens is 410 g/mol. The Kier molecular flexibility index (Phi) is 6.01.